The van der Waals surface area contributed by atoms with E-state index in [1.54, 1.807) is 5.57 Å². The van der Waals surface area contributed by atoms with Gasteiger partial charge in [0.2, 0.25) is 0 Å². The minimum Gasteiger partial charge on any atom is -0.310 e. The fourth-order valence-electron chi connectivity index (χ4n) is 8.74. The quantitative estimate of drug-likeness (QED) is 0.179. The van der Waals surface area contributed by atoms with Crippen molar-refractivity contribution in [1.29, 1.82) is 0 Å². The monoisotopic (exact) mass is 683 g/mol. The molecule has 6 aromatic carbocycles. The number of benzene rings is 6. The summed E-state index contributed by atoms with van der Waals surface area (Å²) in [5.41, 5.74) is 17.2. The summed E-state index contributed by atoms with van der Waals surface area (Å²) >= 11 is 3.76. The molecule has 3 aliphatic rings. The van der Waals surface area contributed by atoms with Crippen LogP contribution < -0.4 is 4.90 Å². The molecule has 0 fully saturated rings. The summed E-state index contributed by atoms with van der Waals surface area (Å²) in [4.78, 5) is 2.46. The van der Waals surface area contributed by atoms with Crippen molar-refractivity contribution in [2.45, 2.75) is 51.4 Å². The highest BCUT2D eigenvalue weighted by Gasteiger charge is 2.38. The molecule has 0 spiro atoms. The Kier molecular flexibility index (Phi) is 6.55. The van der Waals surface area contributed by atoms with E-state index in [1.807, 2.05) is 0 Å². The van der Waals surface area contributed by atoms with E-state index in [9.17, 15) is 0 Å². The largest absolute Gasteiger partial charge is 0.310 e. The maximum atomic E-state index is 3.76. The van der Waals surface area contributed by atoms with Crippen molar-refractivity contribution in [1.82, 2.24) is 0 Å². The third-order valence-electron chi connectivity index (χ3n) is 11.3. The predicted molar refractivity (Wildman–Crippen MR) is 208 cm³/mol. The molecule has 0 aromatic heterocycles. The van der Waals surface area contributed by atoms with Crippen molar-refractivity contribution >= 4 is 49.3 Å². The normalized spacial score (nSPS) is 16.4. The number of hydrogen-bond acceptors (Lipinski definition) is 1. The number of anilines is 3. The molecule has 0 amide bonds. The topological polar surface area (TPSA) is 3.24 Å². The zero-order valence-electron chi connectivity index (χ0n) is 27.9. The Morgan fingerprint density at radius 3 is 1.96 bits per heavy atom. The highest BCUT2D eigenvalue weighted by molar-refractivity contribution is 9.10. The van der Waals surface area contributed by atoms with E-state index in [4.69, 9.17) is 0 Å². The molecule has 0 saturated heterocycles. The standard InChI is InChI=1S/C46H38BrN/c1-45(2)40-16-7-5-11-35(40)37-25-23-31(27-42(37)45)48(32-24-26-38-36-12-6-8-17-41(36)46(3,4)43(38)28-32)30-21-19-29(20-22-30)33-13-9-15-39-34(33)14-10-18-44(39)47/h5-7,9-16,18-28H,8,17H2,1-4H3. The van der Waals surface area contributed by atoms with Crippen LogP contribution >= 0.6 is 15.9 Å². The summed E-state index contributed by atoms with van der Waals surface area (Å²) in [5, 5.41) is 2.48. The van der Waals surface area contributed by atoms with Crippen molar-refractivity contribution < 1.29 is 0 Å². The third-order valence-corrected chi connectivity index (χ3v) is 12.0. The number of halogens is 1. The first-order chi connectivity index (χ1) is 23.2. The van der Waals surface area contributed by atoms with Crippen LogP contribution in [-0.2, 0) is 10.8 Å². The molecule has 0 radical (unpaired) electrons. The van der Waals surface area contributed by atoms with Crippen LogP contribution in [-0.4, -0.2) is 0 Å². The maximum absolute atomic E-state index is 3.76. The van der Waals surface area contributed by atoms with Crippen LogP contribution in [0.1, 0.15) is 62.8 Å². The number of allylic oxidation sites excluding steroid dienone is 4. The third kappa shape index (κ3) is 4.28. The van der Waals surface area contributed by atoms with E-state index in [0.717, 1.165) is 23.0 Å². The molecule has 0 saturated carbocycles. The van der Waals surface area contributed by atoms with Gasteiger partial charge in [-0.25, -0.2) is 0 Å². The average molecular weight is 685 g/mol. The lowest BCUT2D eigenvalue weighted by Crippen LogP contribution is -2.19. The molecule has 3 aliphatic carbocycles. The molecule has 234 valence electrons. The molecule has 0 N–H and O–H groups in total. The Balaban J connectivity index is 1.20. The van der Waals surface area contributed by atoms with Crippen molar-refractivity contribution in [3.63, 3.8) is 0 Å². The summed E-state index contributed by atoms with van der Waals surface area (Å²) in [5.74, 6) is 0. The molecule has 0 aliphatic heterocycles. The average Bonchev–Trinajstić information content (AvgIpc) is 3.48. The second kappa shape index (κ2) is 10.7. The molecule has 6 aromatic rings. The van der Waals surface area contributed by atoms with Gasteiger partial charge in [-0.2, -0.15) is 0 Å². The minimum absolute atomic E-state index is 0.00513. The van der Waals surface area contributed by atoms with Crippen molar-refractivity contribution in [3.05, 3.63) is 166 Å². The van der Waals surface area contributed by atoms with Gasteiger partial charge in [-0.1, -0.05) is 140 Å². The summed E-state index contributed by atoms with van der Waals surface area (Å²) in [6.45, 7) is 9.55. The highest BCUT2D eigenvalue weighted by Crippen LogP contribution is 2.53. The van der Waals surface area contributed by atoms with Crippen LogP contribution in [0.25, 0.3) is 38.6 Å². The van der Waals surface area contributed by atoms with Crippen LogP contribution in [0.3, 0.4) is 0 Å². The van der Waals surface area contributed by atoms with E-state index in [2.05, 4.69) is 182 Å². The lowest BCUT2D eigenvalue weighted by Gasteiger charge is -2.30. The van der Waals surface area contributed by atoms with Crippen molar-refractivity contribution in [2.75, 3.05) is 4.90 Å². The Labute approximate surface area is 292 Å². The number of hydrogen-bond donors (Lipinski definition) is 0. The number of nitrogens with zero attached hydrogens (tertiary/aromatic N) is 1. The molecular weight excluding hydrogens is 646 g/mol. The van der Waals surface area contributed by atoms with Gasteiger partial charge < -0.3 is 4.90 Å². The number of fused-ring (bicyclic) bond motifs is 6. The van der Waals surface area contributed by atoms with Crippen LogP contribution in [0.2, 0.25) is 0 Å². The summed E-state index contributed by atoms with van der Waals surface area (Å²) < 4.78 is 1.12. The van der Waals surface area contributed by atoms with E-state index >= 15 is 0 Å². The molecule has 1 nitrogen and oxygen atoms in total. The highest BCUT2D eigenvalue weighted by atomic mass is 79.9. The molecule has 9 rings (SSSR count). The van der Waals surface area contributed by atoms with Crippen molar-refractivity contribution in [2.24, 2.45) is 0 Å². The molecule has 2 heteroatoms. The fourth-order valence-corrected chi connectivity index (χ4v) is 9.24. The van der Waals surface area contributed by atoms with Gasteiger partial charge in [-0.3, -0.25) is 0 Å². The summed E-state index contributed by atoms with van der Waals surface area (Å²) in [6, 6.07) is 45.3. The first kappa shape index (κ1) is 29.5. The van der Waals surface area contributed by atoms with Gasteiger partial charge in [-0.05, 0) is 116 Å². The second-order valence-corrected chi connectivity index (χ2v) is 15.5. The minimum atomic E-state index is -0.0741. The smallest absolute Gasteiger partial charge is 0.0465 e. The molecule has 0 bridgehead atoms. The Morgan fingerprint density at radius 2 is 1.17 bits per heavy atom. The zero-order chi connectivity index (χ0) is 32.8. The first-order valence-electron chi connectivity index (χ1n) is 17.1. The Hall–Kier alpha value is -4.66. The van der Waals surface area contributed by atoms with Crippen LogP contribution in [0.5, 0.6) is 0 Å². The SMILES string of the molecule is CC1(C)C2=C(C=CCC2)c2ccc(N(c3ccc(-c4cccc5c(Br)cccc45)cc3)c3ccc4c(c3)C(C)(C)c3ccccc3-4)cc21. The fraction of sp³-hybridized carbons (Fsp3) is 0.174. The Morgan fingerprint density at radius 1 is 0.542 bits per heavy atom. The van der Waals surface area contributed by atoms with E-state index in [-0.39, 0.29) is 10.8 Å². The molecule has 48 heavy (non-hydrogen) atoms. The van der Waals surface area contributed by atoms with E-state index < -0.39 is 0 Å². The number of rotatable bonds is 4. The predicted octanol–water partition coefficient (Wildman–Crippen LogP) is 13.4. The molecular formula is C46H38BrN. The summed E-state index contributed by atoms with van der Waals surface area (Å²) in [6.07, 6.45) is 6.96. The lowest BCUT2D eigenvalue weighted by atomic mass is 9.78. The maximum Gasteiger partial charge on any atom is 0.0465 e. The van der Waals surface area contributed by atoms with Gasteiger partial charge in [0, 0.05) is 32.4 Å². The van der Waals surface area contributed by atoms with Crippen LogP contribution in [0.4, 0.5) is 17.1 Å². The molecule has 0 atom stereocenters. The van der Waals surface area contributed by atoms with Gasteiger partial charge >= 0.3 is 0 Å². The van der Waals surface area contributed by atoms with Gasteiger partial charge in [0.15, 0.2) is 0 Å². The van der Waals surface area contributed by atoms with E-state index in [1.165, 1.54) is 72.2 Å². The zero-order valence-corrected chi connectivity index (χ0v) is 29.5. The lowest BCUT2D eigenvalue weighted by molar-refractivity contribution is 0.607. The first-order valence-corrected chi connectivity index (χ1v) is 17.9. The van der Waals surface area contributed by atoms with Gasteiger partial charge in [0.05, 0.1) is 0 Å². The second-order valence-electron chi connectivity index (χ2n) is 14.6. The van der Waals surface area contributed by atoms with Gasteiger partial charge in [-0.15, -0.1) is 0 Å². The van der Waals surface area contributed by atoms with E-state index in [0.29, 0.717) is 0 Å². The Bertz CT molecular complexity index is 2350. The molecule has 0 heterocycles. The van der Waals surface area contributed by atoms with Crippen molar-refractivity contribution in [3.8, 4) is 22.3 Å². The van der Waals surface area contributed by atoms with Crippen LogP contribution in [0, 0.1) is 0 Å². The molecule has 0 unspecified atom stereocenters. The van der Waals surface area contributed by atoms with Crippen LogP contribution in [0.15, 0.2) is 144 Å². The summed E-state index contributed by atoms with van der Waals surface area (Å²) in [7, 11) is 0. The van der Waals surface area contributed by atoms with Gasteiger partial charge in [0.1, 0.15) is 0 Å². The van der Waals surface area contributed by atoms with Gasteiger partial charge in [0.25, 0.3) is 0 Å².